The molecular weight excluding hydrogens is 382 g/mol. The molecule has 1 unspecified atom stereocenters. The zero-order valence-electron chi connectivity index (χ0n) is 13.3. The maximum atomic E-state index is 12.4. The average molecular weight is 397 g/mol. The number of carbonyl (C=O) groups is 2. The van der Waals surface area contributed by atoms with Crippen LogP contribution in [0.4, 0.5) is 5.13 Å². The molecule has 0 spiro atoms. The number of carboxylic acid groups (broad SMARTS) is 1. The topological polar surface area (TPSA) is 158 Å². The summed E-state index contributed by atoms with van der Waals surface area (Å²) in [7, 11) is -1.41. The normalized spacial score (nSPS) is 25.3. The van der Waals surface area contributed by atoms with Crippen LogP contribution in [0.25, 0.3) is 0 Å². The number of amides is 1. The molecule has 138 valence electrons. The quantitative estimate of drug-likeness (QED) is 0.289. The Balaban J connectivity index is 1.77. The Morgan fingerprint density at radius 2 is 2.31 bits per heavy atom. The highest BCUT2D eigenvalue weighted by Gasteiger charge is 2.50. The third kappa shape index (κ3) is 2.97. The summed E-state index contributed by atoms with van der Waals surface area (Å²) in [6.45, 7) is 3.73. The number of rotatable bonds is 5. The second-order valence-electron chi connectivity index (χ2n) is 5.55. The molecule has 5 N–H and O–H groups in total. The largest absolute Gasteiger partial charge is 0.477 e. The maximum absolute atomic E-state index is 12.4. The molecule has 3 atom stereocenters. The number of oxime groups is 1. The molecule has 3 rings (SSSR count). The summed E-state index contributed by atoms with van der Waals surface area (Å²) in [5.74, 6) is -1.81. The predicted molar refractivity (Wildman–Crippen MR) is 95.1 cm³/mol. The Labute approximate surface area is 154 Å². The molecule has 0 saturated carbocycles. The number of nitrogen functional groups attached to an aromatic ring is 1. The molecule has 0 aliphatic carbocycles. The highest BCUT2D eigenvalue weighted by Crippen LogP contribution is 2.34. The fraction of sp³-hybridized carbons (Fsp3) is 0.286. The molecule has 0 radical (unpaired) electrons. The smallest absolute Gasteiger partial charge is 0.352 e. The van der Waals surface area contributed by atoms with Crippen LogP contribution in [0.1, 0.15) is 5.69 Å². The molecule has 0 aromatic carbocycles. The van der Waals surface area contributed by atoms with Gasteiger partial charge in [0, 0.05) is 11.9 Å². The average Bonchev–Trinajstić information content (AvgIpc) is 2.98. The second-order valence-corrected chi connectivity index (χ2v) is 7.97. The number of nitrogens with two attached hydrogens (primary N) is 1. The van der Waals surface area contributed by atoms with Crippen LogP contribution in [0.2, 0.25) is 0 Å². The molecule has 1 fully saturated rings. The Hall–Kier alpha value is -2.73. The van der Waals surface area contributed by atoms with Crippen LogP contribution in [0.3, 0.4) is 0 Å². The molecule has 0 bridgehead atoms. The maximum Gasteiger partial charge on any atom is 0.352 e. The number of carboxylic acids is 1. The van der Waals surface area contributed by atoms with Gasteiger partial charge < -0.3 is 26.3 Å². The van der Waals surface area contributed by atoms with Crippen LogP contribution >= 0.6 is 11.3 Å². The van der Waals surface area contributed by atoms with E-state index in [4.69, 9.17) is 10.9 Å². The number of anilines is 1. The van der Waals surface area contributed by atoms with Crippen molar-refractivity contribution in [3.05, 3.63) is 35.0 Å². The van der Waals surface area contributed by atoms with Gasteiger partial charge in [0.15, 0.2) is 10.8 Å². The number of aliphatic carboxylic acids is 1. The number of hydrogen-bond donors (Lipinski definition) is 4. The monoisotopic (exact) mass is 397 g/mol. The summed E-state index contributed by atoms with van der Waals surface area (Å²) in [4.78, 5) is 29.2. The van der Waals surface area contributed by atoms with Crippen molar-refractivity contribution >= 4 is 44.9 Å². The first-order valence-corrected chi connectivity index (χ1v) is 9.60. The van der Waals surface area contributed by atoms with Gasteiger partial charge in [-0.05, 0) is 5.57 Å². The summed E-state index contributed by atoms with van der Waals surface area (Å²) in [5, 5.41) is 25.1. The first kappa shape index (κ1) is 18.1. The zero-order valence-corrected chi connectivity index (χ0v) is 14.9. The van der Waals surface area contributed by atoms with Gasteiger partial charge in [0.25, 0.3) is 5.91 Å². The van der Waals surface area contributed by atoms with E-state index in [0.29, 0.717) is 5.57 Å². The lowest BCUT2D eigenvalue weighted by molar-refractivity contribution is -0.135. The van der Waals surface area contributed by atoms with Crippen molar-refractivity contribution in [2.45, 2.75) is 11.4 Å². The van der Waals surface area contributed by atoms with Gasteiger partial charge in [-0.15, -0.1) is 11.3 Å². The van der Waals surface area contributed by atoms with E-state index in [-0.39, 0.29) is 34.5 Å². The van der Waals surface area contributed by atoms with Crippen LogP contribution in [-0.4, -0.2) is 65.7 Å². The number of fused-ring (bicyclic) bond motifs is 1. The van der Waals surface area contributed by atoms with Crippen molar-refractivity contribution in [1.29, 1.82) is 0 Å². The van der Waals surface area contributed by atoms with Gasteiger partial charge in [0.05, 0.1) is 22.6 Å². The van der Waals surface area contributed by atoms with E-state index in [1.165, 1.54) is 16.4 Å². The second kappa shape index (κ2) is 6.88. The van der Waals surface area contributed by atoms with E-state index in [1.807, 2.05) is 0 Å². The van der Waals surface area contributed by atoms with Gasteiger partial charge in [-0.25, -0.2) is 9.78 Å². The number of hydrogen-bond acceptors (Lipinski definition) is 9. The third-order valence-electron chi connectivity index (χ3n) is 4.05. The van der Waals surface area contributed by atoms with Crippen LogP contribution in [-0.2, 0) is 20.4 Å². The summed E-state index contributed by atoms with van der Waals surface area (Å²) >= 11 is 1.09. The van der Waals surface area contributed by atoms with Crippen molar-refractivity contribution < 1.29 is 24.1 Å². The van der Waals surface area contributed by atoms with E-state index in [0.717, 1.165) is 11.3 Å². The number of thiazole rings is 1. The SMILES string of the molecule is C=CC1=C(C(=O)O)N2C[C@H](NC(=O)/C(=N/O)c3csc(N)n3)[C@H]2S(=O)C1. The summed E-state index contributed by atoms with van der Waals surface area (Å²) in [6, 6.07) is -0.559. The number of nitrogens with zero attached hydrogens (tertiary/aromatic N) is 3. The Kier molecular flexibility index (Phi) is 4.78. The first-order valence-electron chi connectivity index (χ1n) is 7.34. The molecule has 1 amide bonds. The minimum absolute atomic E-state index is 0.0402. The Bertz CT molecular complexity index is 877. The molecule has 12 heteroatoms. The molecule has 10 nitrogen and oxygen atoms in total. The lowest BCUT2D eigenvalue weighted by atomic mass is 10.0. The summed E-state index contributed by atoms with van der Waals surface area (Å²) in [6.07, 6.45) is 1.38. The molecular formula is C14H15N5O5S2. The Morgan fingerprint density at radius 3 is 2.85 bits per heavy atom. The van der Waals surface area contributed by atoms with Gasteiger partial charge in [-0.2, -0.15) is 0 Å². The minimum atomic E-state index is -1.41. The van der Waals surface area contributed by atoms with Crippen LogP contribution in [0.15, 0.2) is 34.5 Å². The van der Waals surface area contributed by atoms with Gasteiger partial charge in [-0.1, -0.05) is 17.8 Å². The van der Waals surface area contributed by atoms with E-state index in [9.17, 15) is 18.9 Å². The summed E-state index contributed by atoms with van der Waals surface area (Å²) in [5.41, 5.74) is 5.74. The molecule has 1 aromatic rings. The van der Waals surface area contributed by atoms with Crippen LogP contribution < -0.4 is 11.1 Å². The van der Waals surface area contributed by atoms with Gasteiger partial charge in [-0.3, -0.25) is 9.00 Å². The lowest BCUT2D eigenvalue weighted by Gasteiger charge is -2.51. The number of carbonyl (C=O) groups excluding carboxylic acids is 1. The number of nitrogens with one attached hydrogen (secondary N) is 1. The van der Waals surface area contributed by atoms with Gasteiger partial charge >= 0.3 is 5.97 Å². The zero-order chi connectivity index (χ0) is 19.0. The first-order chi connectivity index (χ1) is 12.4. The fourth-order valence-corrected chi connectivity index (χ4v) is 5.17. The lowest BCUT2D eigenvalue weighted by Crippen LogP contribution is -2.70. The van der Waals surface area contributed by atoms with Crippen molar-refractivity contribution in [2.75, 3.05) is 18.0 Å². The van der Waals surface area contributed by atoms with E-state index in [1.54, 1.807) is 0 Å². The van der Waals surface area contributed by atoms with Crippen molar-refractivity contribution in [3.8, 4) is 0 Å². The third-order valence-corrected chi connectivity index (χ3v) is 6.44. The standard InChI is InChI=1S/C14H15N5O5S2/c1-2-6-5-26(24)12-7(3-19(12)10(6)13(21)22)16-11(20)9(18-23)8-4-25-14(15)17-8/h2,4,7,12,23H,1,3,5H2,(H2,15,17)(H,16,20)(H,21,22)/b18-9+/t7-,12+,26?/m0/s1. The highest BCUT2D eigenvalue weighted by molar-refractivity contribution is 7.86. The van der Waals surface area contributed by atoms with Crippen LogP contribution in [0.5, 0.6) is 0 Å². The van der Waals surface area contributed by atoms with E-state index in [2.05, 4.69) is 22.0 Å². The fourth-order valence-electron chi connectivity index (χ4n) is 2.90. The molecule has 2 aliphatic heterocycles. The number of aromatic nitrogens is 1. The van der Waals surface area contributed by atoms with E-state index < -0.39 is 34.1 Å². The molecule has 26 heavy (non-hydrogen) atoms. The Morgan fingerprint density at radius 1 is 1.58 bits per heavy atom. The highest BCUT2D eigenvalue weighted by atomic mass is 32.2. The molecule has 3 heterocycles. The van der Waals surface area contributed by atoms with Crippen molar-refractivity contribution in [2.24, 2.45) is 5.16 Å². The molecule has 2 aliphatic rings. The predicted octanol–water partition coefficient (Wildman–Crippen LogP) is -0.683. The van der Waals surface area contributed by atoms with E-state index >= 15 is 0 Å². The summed E-state index contributed by atoms with van der Waals surface area (Å²) < 4.78 is 12.4. The van der Waals surface area contributed by atoms with Gasteiger partial charge in [0.2, 0.25) is 0 Å². The van der Waals surface area contributed by atoms with Crippen molar-refractivity contribution in [1.82, 2.24) is 15.2 Å². The number of allylic oxidation sites excluding steroid dienone is 1. The van der Waals surface area contributed by atoms with Gasteiger partial charge in [0.1, 0.15) is 16.8 Å². The minimum Gasteiger partial charge on any atom is -0.477 e. The van der Waals surface area contributed by atoms with Crippen LogP contribution in [0, 0.1) is 0 Å². The molecule has 1 saturated heterocycles. The van der Waals surface area contributed by atoms with Crippen molar-refractivity contribution in [3.63, 3.8) is 0 Å². The molecule has 1 aromatic heterocycles.